The van der Waals surface area contributed by atoms with E-state index in [0.29, 0.717) is 0 Å². The number of hydrogen-bond acceptors (Lipinski definition) is 3. The Morgan fingerprint density at radius 3 is 0.935 bits per heavy atom. The highest BCUT2D eigenvalue weighted by Gasteiger charge is 2.17. The maximum atomic E-state index is 3.48. The van der Waals surface area contributed by atoms with Crippen LogP contribution < -0.4 is 16.0 Å². The summed E-state index contributed by atoms with van der Waals surface area (Å²) in [7, 11) is 0. The first-order valence-electron chi connectivity index (χ1n) is 11.8. The molecule has 0 atom stereocenters. The normalized spacial score (nSPS) is 10.8. The van der Waals surface area contributed by atoms with Crippen LogP contribution in [0.15, 0.2) is 72.8 Å². The molecule has 0 amide bonds. The molecule has 0 bridgehead atoms. The summed E-state index contributed by atoms with van der Waals surface area (Å²) in [6.45, 7) is 9.57. The zero-order valence-corrected chi connectivity index (χ0v) is 19.2. The Kier molecular flexibility index (Phi) is 8.84. The lowest BCUT2D eigenvalue weighted by Gasteiger charge is -2.20. The van der Waals surface area contributed by atoms with Crippen molar-refractivity contribution in [1.82, 2.24) is 0 Å². The van der Waals surface area contributed by atoms with Gasteiger partial charge in [0, 0.05) is 42.6 Å². The van der Waals surface area contributed by atoms with E-state index in [-0.39, 0.29) is 5.92 Å². The Balaban J connectivity index is 1.90. The summed E-state index contributed by atoms with van der Waals surface area (Å²) in [5, 5.41) is 10.4. The second-order valence-corrected chi connectivity index (χ2v) is 8.08. The predicted molar refractivity (Wildman–Crippen MR) is 137 cm³/mol. The van der Waals surface area contributed by atoms with Gasteiger partial charge in [-0.3, -0.25) is 0 Å². The molecule has 0 aliphatic carbocycles. The topological polar surface area (TPSA) is 36.1 Å². The van der Waals surface area contributed by atoms with Crippen molar-refractivity contribution in [3.8, 4) is 0 Å². The van der Waals surface area contributed by atoms with Crippen LogP contribution in [0.1, 0.15) is 62.6 Å². The molecule has 0 saturated heterocycles. The number of hydrogen-bond donors (Lipinski definition) is 3. The fraction of sp³-hybridized carbons (Fsp3) is 0.357. The van der Waals surface area contributed by atoms with E-state index < -0.39 is 0 Å². The molecule has 3 nitrogen and oxygen atoms in total. The number of rotatable bonds is 12. The van der Waals surface area contributed by atoms with Crippen molar-refractivity contribution in [3.05, 3.63) is 89.5 Å². The Hall–Kier alpha value is -2.94. The van der Waals surface area contributed by atoms with Gasteiger partial charge in [0.05, 0.1) is 0 Å². The molecule has 3 N–H and O–H groups in total. The molecular formula is C28H37N3. The molecule has 0 radical (unpaired) electrons. The molecule has 3 heteroatoms. The van der Waals surface area contributed by atoms with Gasteiger partial charge >= 0.3 is 0 Å². The van der Waals surface area contributed by atoms with Gasteiger partial charge in [0.1, 0.15) is 0 Å². The molecule has 0 heterocycles. The van der Waals surface area contributed by atoms with Crippen LogP contribution >= 0.6 is 0 Å². The Bertz CT molecular complexity index is 761. The minimum atomic E-state index is 0.209. The van der Waals surface area contributed by atoms with Crippen LogP contribution in [0.25, 0.3) is 0 Å². The van der Waals surface area contributed by atoms with Crippen molar-refractivity contribution in [2.24, 2.45) is 0 Å². The minimum absolute atomic E-state index is 0.209. The van der Waals surface area contributed by atoms with Gasteiger partial charge in [-0.1, -0.05) is 57.2 Å². The molecule has 0 fully saturated rings. The average molecular weight is 416 g/mol. The molecule has 3 aromatic carbocycles. The van der Waals surface area contributed by atoms with Gasteiger partial charge in [-0.2, -0.15) is 0 Å². The molecular weight excluding hydrogens is 378 g/mol. The van der Waals surface area contributed by atoms with Gasteiger partial charge in [-0.05, 0) is 72.4 Å². The van der Waals surface area contributed by atoms with E-state index >= 15 is 0 Å². The lowest BCUT2D eigenvalue weighted by Crippen LogP contribution is -2.06. The van der Waals surface area contributed by atoms with Crippen LogP contribution in [-0.2, 0) is 0 Å². The van der Waals surface area contributed by atoms with Crippen LogP contribution in [-0.4, -0.2) is 19.6 Å². The lowest BCUT2D eigenvalue weighted by molar-refractivity contribution is 0.961. The molecule has 0 spiro atoms. The fourth-order valence-corrected chi connectivity index (χ4v) is 3.77. The van der Waals surface area contributed by atoms with E-state index in [2.05, 4.69) is 110 Å². The molecule has 0 aliphatic rings. The standard InChI is InChI=1S/C28H37N3/c1-4-19-29-25-13-7-22(8-14-25)28(23-9-15-26(16-10-23)30-20-5-2)24-11-17-27(18-12-24)31-21-6-3/h7-18,28-31H,4-6,19-21H2,1-3H3. The van der Waals surface area contributed by atoms with Crippen LogP contribution in [0.2, 0.25) is 0 Å². The van der Waals surface area contributed by atoms with Crippen LogP contribution in [0.3, 0.4) is 0 Å². The Labute approximate surface area is 188 Å². The maximum absolute atomic E-state index is 3.48. The van der Waals surface area contributed by atoms with Crippen LogP contribution in [0, 0.1) is 0 Å². The van der Waals surface area contributed by atoms with Crippen molar-refractivity contribution in [2.45, 2.75) is 46.0 Å². The summed E-state index contributed by atoms with van der Waals surface area (Å²) in [5.74, 6) is 0.209. The highest BCUT2D eigenvalue weighted by molar-refractivity contribution is 5.54. The zero-order valence-electron chi connectivity index (χ0n) is 19.2. The van der Waals surface area contributed by atoms with E-state index in [0.717, 1.165) is 38.9 Å². The van der Waals surface area contributed by atoms with Crippen molar-refractivity contribution in [1.29, 1.82) is 0 Å². The van der Waals surface area contributed by atoms with Gasteiger partial charge < -0.3 is 16.0 Å². The highest BCUT2D eigenvalue weighted by Crippen LogP contribution is 2.34. The van der Waals surface area contributed by atoms with Gasteiger partial charge in [-0.25, -0.2) is 0 Å². The Morgan fingerprint density at radius 1 is 0.452 bits per heavy atom. The van der Waals surface area contributed by atoms with Crippen molar-refractivity contribution in [3.63, 3.8) is 0 Å². The molecule has 164 valence electrons. The minimum Gasteiger partial charge on any atom is -0.385 e. The van der Waals surface area contributed by atoms with E-state index in [4.69, 9.17) is 0 Å². The monoisotopic (exact) mass is 415 g/mol. The summed E-state index contributed by atoms with van der Waals surface area (Å²) in [4.78, 5) is 0. The predicted octanol–water partition coefficient (Wildman–Crippen LogP) is 7.33. The third kappa shape index (κ3) is 6.52. The molecule has 31 heavy (non-hydrogen) atoms. The van der Waals surface area contributed by atoms with Gasteiger partial charge in [0.15, 0.2) is 0 Å². The molecule has 0 aromatic heterocycles. The van der Waals surface area contributed by atoms with E-state index in [1.165, 1.54) is 33.8 Å². The van der Waals surface area contributed by atoms with E-state index in [1.54, 1.807) is 0 Å². The van der Waals surface area contributed by atoms with Gasteiger partial charge in [0.25, 0.3) is 0 Å². The summed E-state index contributed by atoms with van der Waals surface area (Å²) >= 11 is 0. The first-order chi connectivity index (χ1) is 15.2. The summed E-state index contributed by atoms with van der Waals surface area (Å²) in [5.41, 5.74) is 7.48. The van der Waals surface area contributed by atoms with Crippen LogP contribution in [0.4, 0.5) is 17.1 Å². The van der Waals surface area contributed by atoms with Crippen molar-refractivity contribution in [2.75, 3.05) is 35.6 Å². The lowest BCUT2D eigenvalue weighted by atomic mass is 9.85. The third-order valence-corrected chi connectivity index (χ3v) is 5.47. The smallest absolute Gasteiger partial charge is 0.0340 e. The molecule has 3 rings (SSSR count). The quantitative estimate of drug-likeness (QED) is 0.271. The van der Waals surface area contributed by atoms with Crippen molar-refractivity contribution >= 4 is 17.1 Å². The number of anilines is 3. The molecule has 0 aliphatic heterocycles. The van der Waals surface area contributed by atoms with E-state index in [1.807, 2.05) is 0 Å². The van der Waals surface area contributed by atoms with E-state index in [9.17, 15) is 0 Å². The maximum Gasteiger partial charge on any atom is 0.0340 e. The molecule has 3 aromatic rings. The third-order valence-electron chi connectivity index (χ3n) is 5.47. The molecule has 0 unspecified atom stereocenters. The molecule has 0 saturated carbocycles. The summed E-state index contributed by atoms with van der Waals surface area (Å²) in [6.07, 6.45) is 3.38. The zero-order chi connectivity index (χ0) is 21.9. The summed E-state index contributed by atoms with van der Waals surface area (Å²) < 4.78 is 0. The van der Waals surface area contributed by atoms with Crippen molar-refractivity contribution < 1.29 is 0 Å². The van der Waals surface area contributed by atoms with Crippen LogP contribution in [0.5, 0.6) is 0 Å². The summed E-state index contributed by atoms with van der Waals surface area (Å²) in [6, 6.07) is 26.8. The average Bonchev–Trinajstić information content (AvgIpc) is 2.82. The second kappa shape index (κ2) is 12.0. The number of benzene rings is 3. The van der Waals surface area contributed by atoms with Gasteiger partial charge in [-0.15, -0.1) is 0 Å². The fourth-order valence-electron chi connectivity index (χ4n) is 3.77. The number of nitrogens with one attached hydrogen (secondary N) is 3. The Morgan fingerprint density at radius 2 is 0.710 bits per heavy atom. The first-order valence-corrected chi connectivity index (χ1v) is 11.8. The second-order valence-electron chi connectivity index (χ2n) is 8.08. The largest absolute Gasteiger partial charge is 0.385 e. The SMILES string of the molecule is CCCNc1ccc(C(c2ccc(NCCC)cc2)c2ccc(NCCC)cc2)cc1. The van der Waals surface area contributed by atoms with Gasteiger partial charge in [0.2, 0.25) is 0 Å². The first kappa shape index (κ1) is 22.7. The highest BCUT2D eigenvalue weighted by atomic mass is 14.9.